The molecule has 4 rings (SSSR count). The Labute approximate surface area is 193 Å². The van der Waals surface area contributed by atoms with E-state index in [1.807, 2.05) is 4.68 Å². The van der Waals surface area contributed by atoms with Crippen LogP contribution in [0.2, 0.25) is 0 Å². The summed E-state index contributed by atoms with van der Waals surface area (Å²) < 4.78 is 8.59. The molecule has 0 amide bonds. The van der Waals surface area contributed by atoms with Crippen molar-refractivity contribution in [3.8, 4) is 0 Å². The molecule has 1 aromatic rings. The Morgan fingerprint density at radius 1 is 1.25 bits per heavy atom. The predicted molar refractivity (Wildman–Crippen MR) is 128 cm³/mol. The van der Waals surface area contributed by atoms with E-state index in [2.05, 4.69) is 62.9 Å². The molecule has 1 fully saturated rings. The Hall–Kier alpha value is -1.88. The lowest BCUT2D eigenvalue weighted by Crippen LogP contribution is -2.54. The fourth-order valence-corrected chi connectivity index (χ4v) is 6.14. The zero-order chi connectivity index (χ0) is 22.9. The van der Waals surface area contributed by atoms with Gasteiger partial charge in [0.05, 0.1) is 24.0 Å². The number of aromatic nitrogens is 3. The van der Waals surface area contributed by atoms with E-state index in [9.17, 15) is 5.11 Å². The Kier molecular flexibility index (Phi) is 6.67. The molecule has 1 saturated heterocycles. The summed E-state index contributed by atoms with van der Waals surface area (Å²) in [6.45, 7) is 12.1. The van der Waals surface area contributed by atoms with Gasteiger partial charge in [-0.05, 0) is 62.0 Å². The Morgan fingerprint density at radius 2 is 2.06 bits per heavy atom. The van der Waals surface area contributed by atoms with Gasteiger partial charge in [0, 0.05) is 5.92 Å². The average molecular weight is 440 g/mol. The van der Waals surface area contributed by atoms with Crippen LogP contribution in [0.3, 0.4) is 0 Å². The zero-order valence-corrected chi connectivity index (χ0v) is 20.6. The minimum Gasteiger partial charge on any atom is -0.512 e. The lowest BCUT2D eigenvalue weighted by Gasteiger charge is -2.53. The maximum Gasteiger partial charge on any atom is 0.137 e. The van der Waals surface area contributed by atoms with Crippen LogP contribution in [-0.4, -0.2) is 31.6 Å². The van der Waals surface area contributed by atoms with E-state index in [0.29, 0.717) is 17.6 Å². The Balaban J connectivity index is 1.54. The van der Waals surface area contributed by atoms with Crippen LogP contribution in [0.4, 0.5) is 0 Å². The van der Waals surface area contributed by atoms with Crippen LogP contribution in [0.5, 0.6) is 0 Å². The summed E-state index contributed by atoms with van der Waals surface area (Å²) in [5.74, 6) is 1.32. The number of aliphatic hydroxyl groups excluding tert-OH is 1. The number of allylic oxidation sites excluding steroid dienone is 4. The summed E-state index contributed by atoms with van der Waals surface area (Å²) >= 11 is 0. The van der Waals surface area contributed by atoms with Crippen LogP contribution in [0.15, 0.2) is 47.8 Å². The summed E-state index contributed by atoms with van der Waals surface area (Å²) in [7, 11) is 0. The second kappa shape index (κ2) is 9.17. The van der Waals surface area contributed by atoms with Crippen molar-refractivity contribution in [2.24, 2.45) is 23.2 Å². The molecule has 5 heteroatoms. The molecular formula is C27H41N3O2. The molecule has 32 heavy (non-hydrogen) atoms. The summed E-state index contributed by atoms with van der Waals surface area (Å²) in [6.07, 6.45) is 18.2. The minimum atomic E-state index is -0.217. The molecule has 0 radical (unpaired) electrons. The van der Waals surface area contributed by atoms with Crippen molar-refractivity contribution in [2.45, 2.75) is 97.8 Å². The molecule has 4 atom stereocenters. The number of ether oxygens (including phenoxy) is 1. The molecule has 0 bridgehead atoms. The fourth-order valence-electron chi connectivity index (χ4n) is 6.14. The molecular weight excluding hydrogens is 398 g/mol. The molecule has 176 valence electrons. The van der Waals surface area contributed by atoms with Gasteiger partial charge in [0.15, 0.2) is 0 Å². The normalized spacial score (nSPS) is 29.5. The van der Waals surface area contributed by atoms with E-state index >= 15 is 0 Å². The monoisotopic (exact) mass is 439 g/mol. The molecule has 1 aliphatic heterocycles. The van der Waals surface area contributed by atoms with Gasteiger partial charge in [-0.2, -0.15) is 5.10 Å². The van der Waals surface area contributed by atoms with Crippen molar-refractivity contribution >= 4 is 0 Å². The molecule has 0 aromatic carbocycles. The molecule has 5 nitrogen and oxygen atoms in total. The highest BCUT2D eigenvalue weighted by molar-refractivity contribution is 5.36. The van der Waals surface area contributed by atoms with Gasteiger partial charge in [0.25, 0.3) is 0 Å². The summed E-state index contributed by atoms with van der Waals surface area (Å²) in [5, 5.41) is 15.6. The van der Waals surface area contributed by atoms with E-state index in [1.54, 1.807) is 12.7 Å². The first-order chi connectivity index (χ1) is 15.2. The highest BCUT2D eigenvalue weighted by Gasteiger charge is 2.52. The lowest BCUT2D eigenvalue weighted by molar-refractivity contribution is -0.177. The van der Waals surface area contributed by atoms with Crippen LogP contribution < -0.4 is 0 Å². The van der Waals surface area contributed by atoms with Crippen molar-refractivity contribution in [1.82, 2.24) is 14.8 Å². The van der Waals surface area contributed by atoms with Gasteiger partial charge < -0.3 is 9.84 Å². The van der Waals surface area contributed by atoms with E-state index < -0.39 is 0 Å². The minimum absolute atomic E-state index is 0.0344. The first-order valence-corrected chi connectivity index (χ1v) is 12.5. The molecule has 2 aliphatic carbocycles. The van der Waals surface area contributed by atoms with Gasteiger partial charge in [0.1, 0.15) is 12.7 Å². The predicted octanol–water partition coefficient (Wildman–Crippen LogP) is 6.40. The van der Waals surface area contributed by atoms with Gasteiger partial charge in [-0.25, -0.2) is 9.67 Å². The number of hydrogen-bond donors (Lipinski definition) is 1. The van der Waals surface area contributed by atoms with Gasteiger partial charge in [0.2, 0.25) is 0 Å². The van der Waals surface area contributed by atoms with Crippen molar-refractivity contribution in [1.29, 1.82) is 0 Å². The summed E-state index contributed by atoms with van der Waals surface area (Å²) in [4.78, 5) is 4.08. The van der Waals surface area contributed by atoms with Crippen molar-refractivity contribution in [3.63, 3.8) is 0 Å². The standard InChI is InChI=1S/C27H41N3O2/c1-6-7-8-9-12-26(2,3)20-14-23(31)25-21-13-19(16-30-18-28-17-29-30)10-11-22(21)27(4,5)32-24(25)15-20/h10,14-15,17-18,21-22,24-25,31H,6-9,11-13,16H2,1-5H3/t21?,22-,24?,25+/m0/s1. The molecule has 2 heterocycles. The number of nitrogens with zero attached hydrogens (tertiary/aromatic N) is 3. The van der Waals surface area contributed by atoms with Crippen LogP contribution in [0, 0.1) is 23.2 Å². The van der Waals surface area contributed by atoms with Crippen molar-refractivity contribution < 1.29 is 9.84 Å². The fraction of sp³-hybridized carbons (Fsp3) is 0.704. The number of aliphatic hydroxyl groups is 1. The molecule has 0 spiro atoms. The third-order valence-corrected chi connectivity index (χ3v) is 8.08. The second-order valence-corrected chi connectivity index (χ2v) is 11.3. The third-order valence-electron chi connectivity index (χ3n) is 8.08. The number of hydrogen-bond acceptors (Lipinski definition) is 4. The quantitative estimate of drug-likeness (QED) is 0.376. The number of unbranched alkanes of at least 4 members (excludes halogenated alkanes) is 3. The maximum absolute atomic E-state index is 11.3. The largest absolute Gasteiger partial charge is 0.512 e. The second-order valence-electron chi connectivity index (χ2n) is 11.3. The van der Waals surface area contributed by atoms with Gasteiger partial charge in [-0.1, -0.05) is 64.2 Å². The summed E-state index contributed by atoms with van der Waals surface area (Å²) in [5.41, 5.74) is 2.44. The first kappa shape index (κ1) is 23.3. The van der Waals surface area contributed by atoms with E-state index in [1.165, 1.54) is 36.8 Å². The third kappa shape index (κ3) is 4.73. The number of rotatable bonds is 8. The average Bonchev–Trinajstić information content (AvgIpc) is 3.23. The number of fused-ring (bicyclic) bond motifs is 3. The van der Waals surface area contributed by atoms with Gasteiger partial charge >= 0.3 is 0 Å². The maximum atomic E-state index is 11.3. The van der Waals surface area contributed by atoms with E-state index in [-0.39, 0.29) is 23.0 Å². The van der Waals surface area contributed by atoms with Crippen LogP contribution >= 0.6 is 0 Å². The van der Waals surface area contributed by atoms with Crippen LogP contribution in [0.1, 0.15) is 79.6 Å². The summed E-state index contributed by atoms with van der Waals surface area (Å²) in [6, 6.07) is 0. The smallest absolute Gasteiger partial charge is 0.137 e. The highest BCUT2D eigenvalue weighted by atomic mass is 16.5. The van der Waals surface area contributed by atoms with Crippen molar-refractivity contribution in [2.75, 3.05) is 0 Å². The van der Waals surface area contributed by atoms with Gasteiger partial charge in [-0.3, -0.25) is 0 Å². The van der Waals surface area contributed by atoms with E-state index in [4.69, 9.17) is 4.74 Å². The SMILES string of the molecule is CCCCCCC(C)(C)C1=CC2OC(C)(C)[C@H]3CC=C(Cn4cncn4)CC3[C@@H]2C(O)=C1. The zero-order valence-electron chi connectivity index (χ0n) is 20.6. The Morgan fingerprint density at radius 3 is 2.78 bits per heavy atom. The molecule has 0 saturated carbocycles. The Bertz CT molecular complexity index is 879. The molecule has 3 aliphatic rings. The topological polar surface area (TPSA) is 60.2 Å². The lowest BCUT2D eigenvalue weighted by atomic mass is 9.61. The van der Waals surface area contributed by atoms with Crippen molar-refractivity contribution in [3.05, 3.63) is 47.8 Å². The highest BCUT2D eigenvalue weighted by Crippen LogP contribution is 2.53. The van der Waals surface area contributed by atoms with E-state index in [0.717, 1.165) is 25.8 Å². The molecule has 1 aromatic heterocycles. The van der Waals surface area contributed by atoms with Gasteiger partial charge in [-0.15, -0.1) is 0 Å². The van der Waals surface area contributed by atoms with Crippen LogP contribution in [-0.2, 0) is 11.3 Å². The molecule has 2 unspecified atom stereocenters. The van der Waals surface area contributed by atoms with Crippen LogP contribution in [0.25, 0.3) is 0 Å². The molecule has 1 N–H and O–H groups in total. The first-order valence-electron chi connectivity index (χ1n) is 12.5.